The molecule has 142 valence electrons. The standard InChI is InChI=1S/C23H28N2O2/c26-22-11-4-3-10-21(22)18-6-5-7-19(14-18)23(27)24-15-17-12-13-25(16-17)20-8-1-2-9-20/h3-7,10-11,14,17,20,26H,1-2,8-9,12-13,15-16H2,(H,24,27)/t17-/m0/s1. The topological polar surface area (TPSA) is 52.6 Å². The fraction of sp³-hybridized carbons (Fsp3) is 0.435. The molecule has 2 aromatic rings. The Morgan fingerprint density at radius 3 is 2.70 bits per heavy atom. The quantitative estimate of drug-likeness (QED) is 0.841. The van der Waals surface area contributed by atoms with Crippen LogP contribution in [0.4, 0.5) is 0 Å². The van der Waals surface area contributed by atoms with Crippen molar-refractivity contribution in [3.63, 3.8) is 0 Å². The molecule has 2 N–H and O–H groups in total. The summed E-state index contributed by atoms with van der Waals surface area (Å²) >= 11 is 0. The number of hydrogen-bond donors (Lipinski definition) is 2. The third-order valence-corrected chi connectivity index (χ3v) is 6.05. The van der Waals surface area contributed by atoms with Crippen LogP contribution in [-0.2, 0) is 0 Å². The van der Waals surface area contributed by atoms with E-state index in [1.54, 1.807) is 12.1 Å². The molecule has 1 aliphatic carbocycles. The summed E-state index contributed by atoms with van der Waals surface area (Å²) in [6, 6.07) is 15.5. The lowest BCUT2D eigenvalue weighted by molar-refractivity contribution is 0.0947. The zero-order chi connectivity index (χ0) is 18.6. The lowest BCUT2D eigenvalue weighted by Gasteiger charge is -2.23. The number of nitrogens with one attached hydrogen (secondary N) is 1. The molecule has 2 fully saturated rings. The van der Waals surface area contributed by atoms with Crippen LogP contribution in [0.1, 0.15) is 42.5 Å². The summed E-state index contributed by atoms with van der Waals surface area (Å²) in [5.41, 5.74) is 2.24. The van der Waals surface area contributed by atoms with Crippen LogP contribution in [0.25, 0.3) is 11.1 Å². The minimum atomic E-state index is -0.0356. The summed E-state index contributed by atoms with van der Waals surface area (Å²) in [5.74, 6) is 0.746. The summed E-state index contributed by atoms with van der Waals surface area (Å²) in [4.78, 5) is 15.2. The molecular weight excluding hydrogens is 336 g/mol. The Balaban J connectivity index is 1.35. The number of hydrogen-bond acceptors (Lipinski definition) is 3. The van der Waals surface area contributed by atoms with Gasteiger partial charge in [0.15, 0.2) is 0 Å². The molecule has 1 saturated carbocycles. The Morgan fingerprint density at radius 1 is 1.07 bits per heavy atom. The van der Waals surface area contributed by atoms with Gasteiger partial charge in [0.05, 0.1) is 0 Å². The van der Waals surface area contributed by atoms with E-state index in [2.05, 4.69) is 10.2 Å². The Bertz CT molecular complexity index is 798. The molecule has 1 saturated heterocycles. The van der Waals surface area contributed by atoms with Gasteiger partial charge in [-0.15, -0.1) is 0 Å². The van der Waals surface area contributed by atoms with E-state index in [4.69, 9.17) is 0 Å². The first kappa shape index (κ1) is 18.1. The molecule has 0 spiro atoms. The molecule has 0 unspecified atom stereocenters. The van der Waals surface area contributed by atoms with Crippen LogP contribution >= 0.6 is 0 Å². The summed E-state index contributed by atoms with van der Waals surface area (Å²) in [7, 11) is 0. The molecule has 2 aromatic carbocycles. The average Bonchev–Trinajstić information content (AvgIpc) is 3.38. The maximum atomic E-state index is 12.6. The number of carbonyl (C=O) groups excluding carboxylic acids is 1. The van der Waals surface area contributed by atoms with Gasteiger partial charge in [-0.2, -0.15) is 0 Å². The van der Waals surface area contributed by atoms with Crippen molar-refractivity contribution >= 4 is 5.91 Å². The summed E-state index contributed by atoms with van der Waals surface area (Å²) in [5, 5.41) is 13.2. The molecule has 27 heavy (non-hydrogen) atoms. The van der Waals surface area contributed by atoms with Crippen molar-refractivity contribution in [1.29, 1.82) is 0 Å². The first-order valence-corrected chi connectivity index (χ1v) is 10.1. The first-order valence-electron chi connectivity index (χ1n) is 10.1. The minimum Gasteiger partial charge on any atom is -0.507 e. The lowest BCUT2D eigenvalue weighted by atomic mass is 10.0. The number of rotatable bonds is 5. The molecule has 2 aliphatic rings. The zero-order valence-electron chi connectivity index (χ0n) is 15.7. The smallest absolute Gasteiger partial charge is 0.251 e. The van der Waals surface area contributed by atoms with Gasteiger partial charge < -0.3 is 15.3 Å². The Labute approximate surface area is 161 Å². The highest BCUT2D eigenvalue weighted by Crippen LogP contribution is 2.30. The second kappa shape index (κ2) is 8.13. The number of likely N-dealkylation sites (tertiary alicyclic amines) is 1. The van der Waals surface area contributed by atoms with Crippen LogP contribution in [0.3, 0.4) is 0 Å². The van der Waals surface area contributed by atoms with Crippen LogP contribution in [0.15, 0.2) is 48.5 Å². The molecular formula is C23H28N2O2. The van der Waals surface area contributed by atoms with Gasteiger partial charge in [0.2, 0.25) is 0 Å². The second-order valence-electron chi connectivity index (χ2n) is 7.90. The molecule has 1 heterocycles. The van der Waals surface area contributed by atoms with Crippen molar-refractivity contribution in [3.8, 4) is 16.9 Å². The summed E-state index contributed by atoms with van der Waals surface area (Å²) in [6.45, 7) is 3.03. The van der Waals surface area contributed by atoms with Gasteiger partial charge >= 0.3 is 0 Å². The van der Waals surface area contributed by atoms with E-state index in [0.717, 1.165) is 30.3 Å². The third kappa shape index (κ3) is 4.16. The van der Waals surface area contributed by atoms with E-state index < -0.39 is 0 Å². The van der Waals surface area contributed by atoms with Crippen LogP contribution in [0, 0.1) is 5.92 Å². The number of carbonyl (C=O) groups is 1. The summed E-state index contributed by atoms with van der Waals surface area (Å²) < 4.78 is 0. The number of amides is 1. The van der Waals surface area contributed by atoms with Crippen LogP contribution in [0.2, 0.25) is 0 Å². The number of para-hydroxylation sites is 1. The lowest BCUT2D eigenvalue weighted by Crippen LogP contribution is -2.34. The van der Waals surface area contributed by atoms with E-state index in [1.165, 1.54) is 38.6 Å². The highest BCUT2D eigenvalue weighted by Gasteiger charge is 2.29. The molecule has 0 bridgehead atoms. The monoisotopic (exact) mass is 364 g/mol. The molecule has 1 aliphatic heterocycles. The summed E-state index contributed by atoms with van der Waals surface area (Å²) in [6.07, 6.45) is 6.61. The van der Waals surface area contributed by atoms with Gasteiger partial charge in [0, 0.05) is 30.3 Å². The fourth-order valence-electron chi connectivity index (χ4n) is 4.52. The van der Waals surface area contributed by atoms with E-state index in [9.17, 15) is 9.90 Å². The maximum Gasteiger partial charge on any atom is 0.251 e. The number of aromatic hydroxyl groups is 1. The van der Waals surface area contributed by atoms with Crippen molar-refractivity contribution in [3.05, 3.63) is 54.1 Å². The highest BCUT2D eigenvalue weighted by molar-refractivity contribution is 5.95. The molecule has 1 amide bonds. The normalized spacial score (nSPS) is 20.8. The van der Waals surface area contributed by atoms with Crippen molar-refractivity contribution < 1.29 is 9.90 Å². The van der Waals surface area contributed by atoms with Crippen LogP contribution in [-0.4, -0.2) is 41.6 Å². The Hall–Kier alpha value is -2.33. The van der Waals surface area contributed by atoms with Gasteiger partial charge in [-0.3, -0.25) is 4.79 Å². The fourth-order valence-corrected chi connectivity index (χ4v) is 4.52. The highest BCUT2D eigenvalue weighted by atomic mass is 16.3. The molecule has 4 nitrogen and oxygen atoms in total. The predicted octanol–water partition coefficient (Wildman–Crippen LogP) is 4.05. The number of phenolic OH excluding ortho intramolecular Hbond substituents is 1. The van der Waals surface area contributed by atoms with Crippen molar-refractivity contribution in [1.82, 2.24) is 10.2 Å². The zero-order valence-corrected chi connectivity index (χ0v) is 15.7. The molecule has 1 atom stereocenters. The van der Waals surface area contributed by atoms with E-state index >= 15 is 0 Å². The van der Waals surface area contributed by atoms with E-state index in [0.29, 0.717) is 11.5 Å². The van der Waals surface area contributed by atoms with Crippen LogP contribution in [0.5, 0.6) is 5.75 Å². The Kier molecular flexibility index (Phi) is 5.44. The number of nitrogens with zero attached hydrogens (tertiary/aromatic N) is 1. The van der Waals surface area contributed by atoms with Crippen molar-refractivity contribution in [2.75, 3.05) is 19.6 Å². The molecule has 4 rings (SSSR count). The van der Waals surface area contributed by atoms with E-state index in [1.807, 2.05) is 36.4 Å². The number of benzene rings is 2. The van der Waals surface area contributed by atoms with E-state index in [-0.39, 0.29) is 11.7 Å². The molecule has 4 heteroatoms. The largest absolute Gasteiger partial charge is 0.507 e. The van der Waals surface area contributed by atoms with Crippen molar-refractivity contribution in [2.24, 2.45) is 5.92 Å². The third-order valence-electron chi connectivity index (χ3n) is 6.05. The van der Waals surface area contributed by atoms with Gasteiger partial charge in [-0.1, -0.05) is 43.2 Å². The number of phenols is 1. The second-order valence-corrected chi connectivity index (χ2v) is 7.90. The minimum absolute atomic E-state index is 0.0356. The molecule has 0 aromatic heterocycles. The average molecular weight is 364 g/mol. The first-order chi connectivity index (χ1) is 13.2. The van der Waals surface area contributed by atoms with Gasteiger partial charge in [-0.05, 0) is 55.5 Å². The maximum absolute atomic E-state index is 12.6. The predicted molar refractivity (Wildman–Crippen MR) is 108 cm³/mol. The SMILES string of the molecule is O=C(NC[C@@H]1CCN(C2CCCC2)C1)c1cccc(-c2ccccc2O)c1. The van der Waals surface area contributed by atoms with Crippen LogP contribution < -0.4 is 5.32 Å². The van der Waals surface area contributed by atoms with Crippen molar-refractivity contribution in [2.45, 2.75) is 38.1 Å². The van der Waals surface area contributed by atoms with Gasteiger partial charge in [-0.25, -0.2) is 0 Å². The van der Waals surface area contributed by atoms with Gasteiger partial charge in [0.25, 0.3) is 5.91 Å². The Morgan fingerprint density at radius 2 is 1.89 bits per heavy atom. The molecule has 0 radical (unpaired) electrons. The van der Waals surface area contributed by atoms with Gasteiger partial charge in [0.1, 0.15) is 5.75 Å².